The molecule has 0 bridgehead atoms. The molecule has 2 fully saturated rings. The standard InChI is InChI=1S/C26H23BrN6O3.C26H23FN6O3/c2*27-23-8-4-7-22(29-23)25(35)28-20-9-10-21-19(15-20)16-33(30-21)17-24(34)31-11-13-32(14-12-31)26(36)18-5-2-1-3-6-18/h2*1-10,15-16H,11-14,17H2,(H,28,35). The molecule has 0 atom stereocenters. The van der Waals surface area contributed by atoms with Crippen molar-refractivity contribution in [3.63, 3.8) is 0 Å². The second-order valence-electron chi connectivity index (χ2n) is 16.9. The maximum Gasteiger partial charge on any atom is 0.274 e. The summed E-state index contributed by atoms with van der Waals surface area (Å²) in [5.41, 5.74) is 4.08. The lowest BCUT2D eigenvalue weighted by atomic mass is 10.2. The maximum absolute atomic E-state index is 13.3. The molecule has 0 unspecified atom stereocenters. The molecule has 0 aliphatic carbocycles. The van der Waals surface area contributed by atoms with E-state index >= 15 is 0 Å². The number of amides is 6. The summed E-state index contributed by atoms with van der Waals surface area (Å²) in [7, 11) is 0. The normalized spacial score (nSPS) is 13.6. The van der Waals surface area contributed by atoms with Crippen LogP contribution in [0, 0.1) is 5.95 Å². The fourth-order valence-corrected chi connectivity index (χ4v) is 8.60. The van der Waals surface area contributed by atoms with Crippen LogP contribution in [-0.4, -0.2) is 137 Å². The first-order valence-corrected chi connectivity index (χ1v) is 23.8. The van der Waals surface area contributed by atoms with Crippen molar-refractivity contribution in [2.75, 3.05) is 63.0 Å². The van der Waals surface area contributed by atoms with Gasteiger partial charge in [-0.05, 0) is 101 Å². The number of rotatable bonds is 10. The number of aromatic nitrogens is 6. The summed E-state index contributed by atoms with van der Waals surface area (Å²) in [6, 6.07) is 38.0. The van der Waals surface area contributed by atoms with E-state index in [1.54, 1.807) is 114 Å². The SMILES string of the molecule is O=C(Nc1ccc2nn(CC(=O)N3CCN(C(=O)c4ccccc4)CC3)cc2c1)c1cccc(Br)n1.O=C(Nc1ccc2nn(CC(=O)N3CCN(C(=O)c4ccccc4)CC3)cc2c1)c1cccc(F)n1. The summed E-state index contributed by atoms with van der Waals surface area (Å²) in [5, 5.41) is 16.0. The number of fused-ring (bicyclic) bond motifs is 2. The van der Waals surface area contributed by atoms with Gasteiger partial charge in [-0.15, -0.1) is 0 Å². The second kappa shape index (κ2) is 22.0. The minimum absolute atomic E-state index is 0.0143. The van der Waals surface area contributed by atoms with E-state index in [2.05, 4.69) is 46.7 Å². The zero-order valence-corrected chi connectivity index (χ0v) is 40.2. The molecule has 20 heteroatoms. The molecule has 2 aliphatic rings. The van der Waals surface area contributed by atoms with E-state index in [0.29, 0.717) is 90.7 Å². The fraction of sp³-hybridized carbons (Fsp3) is 0.192. The van der Waals surface area contributed by atoms with Gasteiger partial charge in [-0.1, -0.05) is 48.5 Å². The number of piperazine rings is 2. The number of carbonyl (C=O) groups excluding carboxylic acids is 6. The first-order valence-electron chi connectivity index (χ1n) is 23.0. The quantitative estimate of drug-likeness (QED) is 0.148. The van der Waals surface area contributed by atoms with Gasteiger partial charge in [-0.2, -0.15) is 14.6 Å². The highest BCUT2D eigenvalue weighted by atomic mass is 79.9. The molecular formula is C52H46BrFN12O6. The molecule has 8 aromatic rings. The molecule has 4 aromatic heterocycles. The van der Waals surface area contributed by atoms with Crippen LogP contribution in [0.5, 0.6) is 0 Å². The van der Waals surface area contributed by atoms with Gasteiger partial charge in [0.05, 0.1) is 11.0 Å². The largest absolute Gasteiger partial charge is 0.338 e. The Morgan fingerprint density at radius 1 is 0.486 bits per heavy atom. The summed E-state index contributed by atoms with van der Waals surface area (Å²) in [6.07, 6.45) is 3.52. The van der Waals surface area contributed by atoms with Gasteiger partial charge in [0.1, 0.15) is 29.1 Å². The van der Waals surface area contributed by atoms with Crippen molar-refractivity contribution in [2.45, 2.75) is 13.1 Å². The Hall–Kier alpha value is -8.65. The lowest BCUT2D eigenvalue weighted by Crippen LogP contribution is -2.51. The lowest BCUT2D eigenvalue weighted by molar-refractivity contribution is -0.134. The van der Waals surface area contributed by atoms with Gasteiger partial charge in [-0.25, -0.2) is 9.97 Å². The number of halogens is 2. The molecule has 10 rings (SSSR count). The Morgan fingerprint density at radius 3 is 1.33 bits per heavy atom. The molecule has 2 saturated heterocycles. The first kappa shape index (κ1) is 48.4. The minimum atomic E-state index is -0.728. The van der Waals surface area contributed by atoms with E-state index in [0.717, 1.165) is 16.3 Å². The Kier molecular flexibility index (Phi) is 14.8. The van der Waals surface area contributed by atoms with Crippen LogP contribution >= 0.6 is 15.9 Å². The Morgan fingerprint density at radius 2 is 0.903 bits per heavy atom. The van der Waals surface area contributed by atoms with Gasteiger partial charge >= 0.3 is 0 Å². The number of nitrogens with one attached hydrogen (secondary N) is 2. The average Bonchev–Trinajstić information content (AvgIpc) is 4.01. The Bertz CT molecular complexity index is 3080. The zero-order chi connectivity index (χ0) is 50.1. The van der Waals surface area contributed by atoms with Gasteiger partial charge in [0.25, 0.3) is 23.6 Å². The van der Waals surface area contributed by atoms with Gasteiger partial charge < -0.3 is 30.2 Å². The molecule has 4 aromatic carbocycles. The summed E-state index contributed by atoms with van der Waals surface area (Å²) < 4.78 is 17.0. The minimum Gasteiger partial charge on any atom is -0.338 e. The zero-order valence-electron chi connectivity index (χ0n) is 38.6. The van der Waals surface area contributed by atoms with Crippen molar-refractivity contribution < 1.29 is 33.2 Å². The number of benzene rings is 4. The fourth-order valence-electron chi connectivity index (χ4n) is 8.25. The van der Waals surface area contributed by atoms with E-state index in [-0.39, 0.29) is 48.3 Å². The van der Waals surface area contributed by atoms with Crippen LogP contribution in [0.2, 0.25) is 0 Å². The number of hydrogen-bond acceptors (Lipinski definition) is 10. The molecule has 72 heavy (non-hydrogen) atoms. The van der Waals surface area contributed by atoms with E-state index in [4.69, 9.17) is 0 Å². The summed E-state index contributed by atoms with van der Waals surface area (Å²) in [4.78, 5) is 90.6. The van der Waals surface area contributed by atoms with Gasteiger partial charge in [0.2, 0.25) is 17.8 Å². The van der Waals surface area contributed by atoms with Crippen molar-refractivity contribution in [3.8, 4) is 0 Å². The van der Waals surface area contributed by atoms with Crippen molar-refractivity contribution in [2.24, 2.45) is 0 Å². The van der Waals surface area contributed by atoms with E-state index < -0.39 is 11.9 Å². The van der Waals surface area contributed by atoms with Crippen molar-refractivity contribution in [3.05, 3.63) is 179 Å². The monoisotopic (exact) mass is 1030 g/mol. The first-order chi connectivity index (χ1) is 34.9. The van der Waals surface area contributed by atoms with Crippen molar-refractivity contribution in [1.29, 1.82) is 0 Å². The molecule has 6 heterocycles. The highest BCUT2D eigenvalue weighted by Crippen LogP contribution is 2.21. The molecule has 0 saturated carbocycles. The third kappa shape index (κ3) is 11.8. The number of anilines is 2. The van der Waals surface area contributed by atoms with E-state index in [1.165, 1.54) is 18.2 Å². The summed E-state index contributed by atoms with van der Waals surface area (Å²) in [5.74, 6) is -1.75. The lowest BCUT2D eigenvalue weighted by Gasteiger charge is -2.34. The number of nitrogens with zero attached hydrogens (tertiary/aromatic N) is 10. The van der Waals surface area contributed by atoms with Crippen LogP contribution in [0.3, 0.4) is 0 Å². The smallest absolute Gasteiger partial charge is 0.274 e. The predicted octanol–water partition coefficient (Wildman–Crippen LogP) is 6.24. The van der Waals surface area contributed by atoms with Crippen LogP contribution in [0.4, 0.5) is 15.8 Å². The molecule has 6 amide bonds. The molecular weight excluding hydrogens is 988 g/mol. The Balaban J connectivity index is 0.000000178. The Labute approximate surface area is 420 Å². The maximum atomic E-state index is 13.3. The van der Waals surface area contributed by atoms with Gasteiger partial charge in [0, 0.05) is 98.0 Å². The molecule has 0 spiro atoms. The van der Waals surface area contributed by atoms with Gasteiger partial charge in [0.15, 0.2) is 0 Å². The molecule has 2 aliphatic heterocycles. The van der Waals surface area contributed by atoms with Gasteiger partial charge in [-0.3, -0.25) is 38.1 Å². The van der Waals surface area contributed by atoms with Crippen LogP contribution < -0.4 is 10.6 Å². The average molecular weight is 1030 g/mol. The highest BCUT2D eigenvalue weighted by Gasteiger charge is 2.27. The predicted molar refractivity (Wildman–Crippen MR) is 269 cm³/mol. The third-order valence-corrected chi connectivity index (χ3v) is 12.4. The van der Waals surface area contributed by atoms with Crippen LogP contribution in [0.25, 0.3) is 21.8 Å². The highest BCUT2D eigenvalue weighted by molar-refractivity contribution is 9.10. The summed E-state index contributed by atoms with van der Waals surface area (Å²) in [6.45, 7) is 4.00. The topological polar surface area (TPSA) is 201 Å². The number of hydrogen-bond donors (Lipinski definition) is 2. The van der Waals surface area contributed by atoms with Crippen LogP contribution in [0.1, 0.15) is 41.7 Å². The number of pyridine rings is 2. The molecule has 364 valence electrons. The summed E-state index contributed by atoms with van der Waals surface area (Å²) >= 11 is 3.27. The molecule has 2 N–H and O–H groups in total. The molecule has 18 nitrogen and oxygen atoms in total. The van der Waals surface area contributed by atoms with E-state index in [1.807, 2.05) is 42.5 Å². The number of carbonyl (C=O) groups is 6. The third-order valence-electron chi connectivity index (χ3n) is 12.0. The van der Waals surface area contributed by atoms with Crippen LogP contribution in [-0.2, 0) is 22.7 Å². The van der Waals surface area contributed by atoms with Crippen LogP contribution in [0.15, 0.2) is 150 Å². The van der Waals surface area contributed by atoms with Crippen molar-refractivity contribution in [1.82, 2.24) is 49.1 Å². The second-order valence-corrected chi connectivity index (χ2v) is 17.7. The molecule has 0 radical (unpaired) electrons. The van der Waals surface area contributed by atoms with Crippen molar-refractivity contribution >= 4 is 84.6 Å². The van der Waals surface area contributed by atoms with E-state index in [9.17, 15) is 33.2 Å².